The minimum atomic E-state index is -0.275. The lowest BCUT2D eigenvalue weighted by molar-refractivity contribution is 0.102. The summed E-state index contributed by atoms with van der Waals surface area (Å²) in [6.45, 7) is 3.72. The number of carbonyl (C=O) groups excluding carboxylic acids is 1. The van der Waals surface area contributed by atoms with E-state index in [0.717, 1.165) is 11.4 Å². The molecule has 106 valence electrons. The lowest BCUT2D eigenvalue weighted by Gasteiger charge is -2.08. The first-order chi connectivity index (χ1) is 9.43. The highest BCUT2D eigenvalue weighted by Crippen LogP contribution is 2.27. The number of amides is 1. The summed E-state index contributed by atoms with van der Waals surface area (Å²) < 4.78 is 6.70. The number of benzene rings is 1. The number of hydrogen-bond acceptors (Lipinski definition) is 4. The third kappa shape index (κ3) is 2.45. The first-order valence-corrected chi connectivity index (χ1v) is 6.12. The molecule has 0 saturated carbocycles. The van der Waals surface area contributed by atoms with Crippen molar-refractivity contribution in [3.63, 3.8) is 0 Å². The van der Waals surface area contributed by atoms with Crippen molar-refractivity contribution in [2.45, 2.75) is 13.8 Å². The number of nitrogens with one attached hydrogen (secondary N) is 1. The monoisotopic (exact) mass is 275 g/mol. The molecular formula is C14H17N3O3. The molecule has 6 nitrogen and oxygen atoms in total. The molecule has 0 aliphatic carbocycles. The van der Waals surface area contributed by atoms with Crippen LogP contribution in [0.3, 0.4) is 0 Å². The van der Waals surface area contributed by atoms with Gasteiger partial charge in [-0.1, -0.05) is 0 Å². The average Bonchev–Trinajstić information content (AvgIpc) is 2.66. The second kappa shape index (κ2) is 5.24. The van der Waals surface area contributed by atoms with Gasteiger partial charge in [0.1, 0.15) is 0 Å². The number of hydrogen-bond donors (Lipinski definition) is 2. The van der Waals surface area contributed by atoms with E-state index in [9.17, 15) is 9.90 Å². The summed E-state index contributed by atoms with van der Waals surface area (Å²) in [7, 11) is 3.26. The van der Waals surface area contributed by atoms with E-state index in [-0.39, 0.29) is 17.4 Å². The van der Waals surface area contributed by atoms with E-state index < -0.39 is 0 Å². The van der Waals surface area contributed by atoms with Crippen LogP contribution in [0.25, 0.3) is 0 Å². The number of rotatable bonds is 3. The molecule has 0 unspecified atom stereocenters. The maximum absolute atomic E-state index is 12.2. The molecule has 0 radical (unpaired) electrons. The van der Waals surface area contributed by atoms with Crippen molar-refractivity contribution >= 4 is 11.6 Å². The van der Waals surface area contributed by atoms with E-state index in [2.05, 4.69) is 10.4 Å². The zero-order chi connectivity index (χ0) is 14.9. The fourth-order valence-electron chi connectivity index (χ4n) is 1.96. The summed E-state index contributed by atoms with van der Waals surface area (Å²) in [5, 5.41) is 16.6. The van der Waals surface area contributed by atoms with E-state index in [1.807, 2.05) is 20.9 Å². The molecule has 2 aromatic rings. The Kier molecular flexibility index (Phi) is 3.65. The molecule has 1 aromatic heterocycles. The van der Waals surface area contributed by atoms with Gasteiger partial charge in [-0.25, -0.2) is 0 Å². The summed E-state index contributed by atoms with van der Waals surface area (Å²) in [5.41, 5.74) is 2.73. The van der Waals surface area contributed by atoms with Crippen LogP contribution in [0.2, 0.25) is 0 Å². The topological polar surface area (TPSA) is 76.4 Å². The smallest absolute Gasteiger partial charge is 0.255 e. The molecule has 6 heteroatoms. The molecule has 0 bridgehead atoms. The van der Waals surface area contributed by atoms with Crippen LogP contribution in [0, 0.1) is 13.8 Å². The predicted octanol–water partition coefficient (Wildman–Crippen LogP) is 2.00. The Morgan fingerprint density at radius 3 is 2.65 bits per heavy atom. The van der Waals surface area contributed by atoms with Crippen LogP contribution >= 0.6 is 0 Å². The van der Waals surface area contributed by atoms with Gasteiger partial charge in [-0.2, -0.15) is 5.10 Å². The highest BCUT2D eigenvalue weighted by Gasteiger charge is 2.15. The Morgan fingerprint density at radius 1 is 1.40 bits per heavy atom. The number of aromatic nitrogens is 2. The molecule has 2 rings (SSSR count). The van der Waals surface area contributed by atoms with Gasteiger partial charge in [0, 0.05) is 12.6 Å². The molecule has 20 heavy (non-hydrogen) atoms. The van der Waals surface area contributed by atoms with Crippen molar-refractivity contribution in [2.75, 3.05) is 12.4 Å². The number of nitrogens with zero attached hydrogens (tertiary/aromatic N) is 2. The van der Waals surface area contributed by atoms with Crippen LogP contribution in [0.15, 0.2) is 18.2 Å². The summed E-state index contributed by atoms with van der Waals surface area (Å²) in [6.07, 6.45) is 0. The van der Waals surface area contributed by atoms with Crippen molar-refractivity contribution in [1.82, 2.24) is 9.78 Å². The number of ether oxygens (including phenoxy) is 1. The molecule has 0 saturated heterocycles. The average molecular weight is 275 g/mol. The molecule has 0 aliphatic rings. The third-order valence-electron chi connectivity index (χ3n) is 3.19. The Balaban J connectivity index is 2.28. The molecule has 1 heterocycles. The van der Waals surface area contributed by atoms with Gasteiger partial charge < -0.3 is 15.2 Å². The molecule has 0 atom stereocenters. The fourth-order valence-corrected chi connectivity index (χ4v) is 1.96. The normalized spacial score (nSPS) is 10.4. The number of phenols is 1. The summed E-state index contributed by atoms with van der Waals surface area (Å²) in [6, 6.07) is 4.45. The van der Waals surface area contributed by atoms with Crippen molar-refractivity contribution in [3.05, 3.63) is 35.2 Å². The van der Waals surface area contributed by atoms with E-state index in [1.165, 1.54) is 25.3 Å². The van der Waals surface area contributed by atoms with Crippen LogP contribution in [0.5, 0.6) is 11.5 Å². The van der Waals surface area contributed by atoms with Gasteiger partial charge in [0.2, 0.25) is 0 Å². The number of aryl methyl sites for hydroxylation is 2. The van der Waals surface area contributed by atoms with Crippen molar-refractivity contribution in [1.29, 1.82) is 0 Å². The molecule has 0 aliphatic heterocycles. The molecule has 0 fully saturated rings. The van der Waals surface area contributed by atoms with Gasteiger partial charge in [-0.05, 0) is 32.0 Å². The van der Waals surface area contributed by atoms with Crippen LogP contribution in [0.1, 0.15) is 21.7 Å². The summed E-state index contributed by atoms with van der Waals surface area (Å²) >= 11 is 0. The van der Waals surface area contributed by atoms with Crippen molar-refractivity contribution in [2.24, 2.45) is 7.05 Å². The third-order valence-corrected chi connectivity index (χ3v) is 3.19. The lowest BCUT2D eigenvalue weighted by atomic mass is 10.2. The maximum atomic E-state index is 12.2. The minimum absolute atomic E-state index is 0.00205. The van der Waals surface area contributed by atoms with Crippen LogP contribution in [0.4, 0.5) is 5.69 Å². The Bertz CT molecular complexity index is 662. The Labute approximate surface area is 117 Å². The number of carbonyl (C=O) groups is 1. The van der Waals surface area contributed by atoms with Crippen LogP contribution in [-0.2, 0) is 7.05 Å². The van der Waals surface area contributed by atoms with Gasteiger partial charge in [-0.15, -0.1) is 0 Å². The zero-order valence-corrected chi connectivity index (χ0v) is 11.9. The number of phenolic OH excluding ortho intramolecular Hbond substituents is 1. The lowest BCUT2D eigenvalue weighted by Crippen LogP contribution is -2.13. The zero-order valence-electron chi connectivity index (χ0n) is 11.9. The highest BCUT2D eigenvalue weighted by molar-refractivity contribution is 6.05. The van der Waals surface area contributed by atoms with Crippen molar-refractivity contribution in [3.8, 4) is 11.5 Å². The molecular weight excluding hydrogens is 258 g/mol. The summed E-state index contributed by atoms with van der Waals surface area (Å²) in [5.74, 6) is -0.0161. The van der Waals surface area contributed by atoms with Crippen molar-refractivity contribution < 1.29 is 14.6 Å². The quantitative estimate of drug-likeness (QED) is 0.898. The maximum Gasteiger partial charge on any atom is 0.255 e. The van der Waals surface area contributed by atoms with E-state index >= 15 is 0 Å². The fraction of sp³-hybridized carbons (Fsp3) is 0.286. The first-order valence-electron chi connectivity index (χ1n) is 6.12. The number of aromatic hydroxyl groups is 1. The Morgan fingerprint density at radius 2 is 2.10 bits per heavy atom. The van der Waals surface area contributed by atoms with E-state index in [1.54, 1.807) is 4.68 Å². The Hall–Kier alpha value is -2.50. The molecule has 1 aromatic carbocycles. The van der Waals surface area contributed by atoms with E-state index in [0.29, 0.717) is 11.3 Å². The minimum Gasteiger partial charge on any atom is -0.504 e. The SMILES string of the molecule is COc1cc(C(=O)Nc2c(C)nn(C)c2C)ccc1O. The number of methoxy groups -OCH3 is 1. The highest BCUT2D eigenvalue weighted by atomic mass is 16.5. The molecule has 0 spiro atoms. The van der Waals surface area contributed by atoms with Gasteiger partial charge in [-0.3, -0.25) is 9.48 Å². The van der Waals surface area contributed by atoms with E-state index in [4.69, 9.17) is 4.74 Å². The molecule has 1 amide bonds. The van der Waals surface area contributed by atoms with Gasteiger partial charge >= 0.3 is 0 Å². The largest absolute Gasteiger partial charge is 0.504 e. The van der Waals surface area contributed by atoms with Gasteiger partial charge in [0.25, 0.3) is 5.91 Å². The predicted molar refractivity (Wildman–Crippen MR) is 75.3 cm³/mol. The standard InChI is InChI=1S/C14H17N3O3/c1-8-13(9(2)17(3)16-8)15-14(19)10-5-6-11(18)12(7-10)20-4/h5-7,18H,1-4H3,(H,15,19). The van der Waals surface area contributed by atoms with Gasteiger partial charge in [0.05, 0.1) is 24.2 Å². The number of anilines is 1. The second-order valence-electron chi connectivity index (χ2n) is 4.51. The van der Waals surface area contributed by atoms with Crippen LogP contribution < -0.4 is 10.1 Å². The van der Waals surface area contributed by atoms with Crippen LogP contribution in [-0.4, -0.2) is 27.9 Å². The summed E-state index contributed by atoms with van der Waals surface area (Å²) in [4.78, 5) is 12.2. The first kappa shape index (κ1) is 13.9. The second-order valence-corrected chi connectivity index (χ2v) is 4.51. The molecule has 2 N–H and O–H groups in total. The van der Waals surface area contributed by atoms with Gasteiger partial charge in [0.15, 0.2) is 11.5 Å².